The standard InChI is InChI=1S/C20H24N4O4/c1-12(24(2)11-13-5-7-15(27-3)10-18(13)28-4)19(25)21-14-6-8-16-17(9-14)23-20(26)22-16/h5-10,12H,11H2,1-4H3,(H,21,25)(H2,22,23,26). The number of imidazole rings is 1. The van der Waals surface area contributed by atoms with Crippen LogP contribution >= 0.6 is 0 Å². The van der Waals surface area contributed by atoms with Gasteiger partial charge in [0.1, 0.15) is 11.5 Å². The molecule has 0 aliphatic heterocycles. The topological polar surface area (TPSA) is 99.5 Å². The van der Waals surface area contributed by atoms with Crippen LogP contribution < -0.4 is 20.5 Å². The molecule has 0 radical (unpaired) electrons. The van der Waals surface area contributed by atoms with Gasteiger partial charge >= 0.3 is 5.69 Å². The van der Waals surface area contributed by atoms with E-state index in [1.807, 2.05) is 37.1 Å². The zero-order valence-corrected chi connectivity index (χ0v) is 16.3. The molecule has 0 aliphatic rings. The van der Waals surface area contributed by atoms with E-state index in [1.54, 1.807) is 32.4 Å². The van der Waals surface area contributed by atoms with Gasteiger partial charge in [-0.1, -0.05) is 6.07 Å². The van der Waals surface area contributed by atoms with E-state index >= 15 is 0 Å². The van der Waals surface area contributed by atoms with Gasteiger partial charge in [0, 0.05) is 23.9 Å². The summed E-state index contributed by atoms with van der Waals surface area (Å²) < 4.78 is 10.6. The van der Waals surface area contributed by atoms with Crippen LogP contribution in [0.25, 0.3) is 11.0 Å². The lowest BCUT2D eigenvalue weighted by molar-refractivity contribution is -0.120. The molecule has 8 nitrogen and oxygen atoms in total. The predicted octanol–water partition coefficient (Wildman–Crippen LogP) is 2.33. The number of hydrogen-bond donors (Lipinski definition) is 3. The van der Waals surface area contributed by atoms with E-state index < -0.39 is 0 Å². The number of amides is 1. The third-order valence-electron chi connectivity index (χ3n) is 4.74. The summed E-state index contributed by atoms with van der Waals surface area (Å²) in [6, 6.07) is 10.5. The number of benzene rings is 2. The summed E-state index contributed by atoms with van der Waals surface area (Å²) in [5, 5.41) is 2.89. The molecule has 0 saturated carbocycles. The van der Waals surface area contributed by atoms with Gasteiger partial charge in [-0.05, 0) is 38.2 Å². The van der Waals surface area contributed by atoms with Crippen molar-refractivity contribution in [2.24, 2.45) is 0 Å². The number of ether oxygens (including phenoxy) is 2. The Bertz CT molecular complexity index is 1040. The van der Waals surface area contributed by atoms with Crippen molar-refractivity contribution < 1.29 is 14.3 Å². The second kappa shape index (κ2) is 8.18. The summed E-state index contributed by atoms with van der Waals surface area (Å²) in [5.41, 5.74) is 2.64. The molecule has 148 valence electrons. The van der Waals surface area contributed by atoms with Crippen LogP contribution in [-0.4, -0.2) is 48.1 Å². The molecule has 1 heterocycles. The van der Waals surface area contributed by atoms with Crippen molar-refractivity contribution in [1.82, 2.24) is 14.9 Å². The normalized spacial score (nSPS) is 12.2. The van der Waals surface area contributed by atoms with E-state index in [0.29, 0.717) is 34.8 Å². The van der Waals surface area contributed by atoms with Crippen LogP contribution in [0, 0.1) is 0 Å². The molecule has 3 aromatic rings. The highest BCUT2D eigenvalue weighted by Crippen LogP contribution is 2.26. The van der Waals surface area contributed by atoms with Crippen LogP contribution in [-0.2, 0) is 11.3 Å². The second-order valence-corrected chi connectivity index (χ2v) is 6.60. The molecular weight excluding hydrogens is 360 g/mol. The summed E-state index contributed by atoms with van der Waals surface area (Å²) >= 11 is 0. The van der Waals surface area contributed by atoms with Gasteiger partial charge in [-0.15, -0.1) is 0 Å². The maximum absolute atomic E-state index is 12.7. The van der Waals surface area contributed by atoms with Gasteiger partial charge in [-0.3, -0.25) is 9.69 Å². The third-order valence-corrected chi connectivity index (χ3v) is 4.74. The maximum atomic E-state index is 12.7. The molecule has 1 atom stereocenters. The molecular formula is C20H24N4O4. The fraction of sp³-hybridized carbons (Fsp3) is 0.300. The van der Waals surface area contributed by atoms with Crippen LogP contribution in [0.3, 0.4) is 0 Å². The molecule has 0 fully saturated rings. The Balaban J connectivity index is 1.68. The third kappa shape index (κ3) is 4.17. The van der Waals surface area contributed by atoms with Crippen molar-refractivity contribution in [3.63, 3.8) is 0 Å². The van der Waals surface area contributed by atoms with E-state index in [0.717, 1.165) is 5.56 Å². The van der Waals surface area contributed by atoms with E-state index in [1.165, 1.54) is 0 Å². The number of carbonyl (C=O) groups excluding carboxylic acids is 1. The minimum atomic E-state index is -0.382. The number of carbonyl (C=O) groups is 1. The Morgan fingerprint density at radius 2 is 1.86 bits per heavy atom. The second-order valence-electron chi connectivity index (χ2n) is 6.60. The van der Waals surface area contributed by atoms with Crippen LogP contribution in [0.4, 0.5) is 5.69 Å². The molecule has 3 rings (SSSR count). The molecule has 3 N–H and O–H groups in total. The molecule has 2 aromatic carbocycles. The van der Waals surface area contributed by atoms with Crippen molar-refractivity contribution in [1.29, 1.82) is 0 Å². The summed E-state index contributed by atoms with van der Waals surface area (Å²) in [6.07, 6.45) is 0. The summed E-state index contributed by atoms with van der Waals surface area (Å²) in [7, 11) is 5.09. The van der Waals surface area contributed by atoms with Gasteiger partial charge in [0.05, 0.1) is 31.3 Å². The minimum Gasteiger partial charge on any atom is -0.497 e. The number of H-pyrrole nitrogens is 2. The SMILES string of the molecule is COc1ccc(CN(C)C(C)C(=O)Nc2ccc3[nH]c(=O)[nH]c3c2)c(OC)c1. The van der Waals surface area contributed by atoms with Crippen molar-refractivity contribution in [2.45, 2.75) is 19.5 Å². The number of anilines is 1. The number of hydrogen-bond acceptors (Lipinski definition) is 5. The number of likely N-dealkylation sites (N-methyl/N-ethyl adjacent to an activating group) is 1. The Morgan fingerprint density at radius 3 is 2.57 bits per heavy atom. The first kappa shape index (κ1) is 19.5. The molecule has 1 aromatic heterocycles. The lowest BCUT2D eigenvalue weighted by Gasteiger charge is -2.25. The van der Waals surface area contributed by atoms with Gasteiger partial charge in [-0.2, -0.15) is 0 Å². The lowest BCUT2D eigenvalue weighted by Crippen LogP contribution is -2.39. The number of fused-ring (bicyclic) bond motifs is 1. The average molecular weight is 384 g/mol. The fourth-order valence-corrected chi connectivity index (χ4v) is 2.95. The summed E-state index contributed by atoms with van der Waals surface area (Å²) in [6.45, 7) is 2.37. The van der Waals surface area contributed by atoms with Crippen molar-refractivity contribution in [3.05, 3.63) is 52.4 Å². The van der Waals surface area contributed by atoms with E-state index in [-0.39, 0.29) is 17.6 Å². The lowest BCUT2D eigenvalue weighted by atomic mass is 10.1. The van der Waals surface area contributed by atoms with Gasteiger partial charge in [0.15, 0.2) is 0 Å². The van der Waals surface area contributed by atoms with E-state index in [9.17, 15) is 9.59 Å². The fourth-order valence-electron chi connectivity index (χ4n) is 2.95. The quantitative estimate of drug-likeness (QED) is 0.581. The van der Waals surface area contributed by atoms with Gasteiger partial charge in [0.2, 0.25) is 5.91 Å². The Labute approximate surface area is 162 Å². The van der Waals surface area contributed by atoms with Gasteiger partial charge in [-0.25, -0.2) is 4.79 Å². The van der Waals surface area contributed by atoms with Crippen LogP contribution in [0.15, 0.2) is 41.2 Å². The van der Waals surface area contributed by atoms with Crippen LogP contribution in [0.2, 0.25) is 0 Å². The molecule has 0 saturated heterocycles. The number of nitrogens with zero attached hydrogens (tertiary/aromatic N) is 1. The number of nitrogens with one attached hydrogen (secondary N) is 3. The molecule has 1 amide bonds. The Morgan fingerprint density at radius 1 is 1.11 bits per heavy atom. The average Bonchev–Trinajstić information content (AvgIpc) is 3.06. The zero-order chi connectivity index (χ0) is 20.3. The number of aromatic nitrogens is 2. The Hall–Kier alpha value is -3.26. The van der Waals surface area contributed by atoms with E-state index in [2.05, 4.69) is 15.3 Å². The molecule has 0 aliphatic carbocycles. The first-order chi connectivity index (χ1) is 13.4. The molecule has 1 unspecified atom stereocenters. The highest BCUT2D eigenvalue weighted by Gasteiger charge is 2.20. The van der Waals surface area contributed by atoms with Crippen molar-refractivity contribution in [2.75, 3.05) is 26.6 Å². The number of rotatable bonds is 7. The number of methoxy groups -OCH3 is 2. The summed E-state index contributed by atoms with van der Waals surface area (Å²) in [4.78, 5) is 31.3. The van der Waals surface area contributed by atoms with Gasteiger partial charge in [0.25, 0.3) is 0 Å². The first-order valence-electron chi connectivity index (χ1n) is 8.85. The van der Waals surface area contributed by atoms with Crippen molar-refractivity contribution >= 4 is 22.6 Å². The zero-order valence-electron chi connectivity index (χ0n) is 16.3. The van der Waals surface area contributed by atoms with E-state index in [4.69, 9.17) is 9.47 Å². The smallest absolute Gasteiger partial charge is 0.323 e. The van der Waals surface area contributed by atoms with Crippen LogP contribution in [0.1, 0.15) is 12.5 Å². The summed E-state index contributed by atoms with van der Waals surface area (Å²) in [5.74, 6) is 1.28. The Kier molecular flexibility index (Phi) is 5.70. The number of aromatic amines is 2. The molecule has 0 spiro atoms. The molecule has 0 bridgehead atoms. The first-order valence-corrected chi connectivity index (χ1v) is 8.85. The molecule has 8 heteroatoms. The molecule has 28 heavy (non-hydrogen) atoms. The monoisotopic (exact) mass is 384 g/mol. The largest absolute Gasteiger partial charge is 0.497 e. The van der Waals surface area contributed by atoms with Crippen LogP contribution in [0.5, 0.6) is 11.5 Å². The maximum Gasteiger partial charge on any atom is 0.323 e. The highest BCUT2D eigenvalue weighted by molar-refractivity contribution is 5.96. The highest BCUT2D eigenvalue weighted by atomic mass is 16.5. The predicted molar refractivity (Wildman–Crippen MR) is 108 cm³/mol. The van der Waals surface area contributed by atoms with Crippen molar-refractivity contribution in [3.8, 4) is 11.5 Å². The minimum absolute atomic E-state index is 0.146. The van der Waals surface area contributed by atoms with Gasteiger partial charge < -0.3 is 24.8 Å².